The van der Waals surface area contributed by atoms with Gasteiger partial charge in [-0.05, 0) is 46.6 Å². The molecule has 0 amide bonds. The largest absolute Gasteiger partial charge is 0.496 e. The fourth-order valence-corrected chi connectivity index (χ4v) is 2.54. The van der Waals surface area contributed by atoms with Crippen molar-refractivity contribution in [2.45, 2.75) is 13.0 Å². The number of likely N-dealkylation sites (N-methyl/N-ethyl adjacent to an activating group) is 1. The maximum Gasteiger partial charge on any atom is 0.133 e. The molecule has 1 aromatic carbocycles. The fraction of sp³-hybridized carbons (Fsp3) is 0.455. The monoisotopic (exact) mass is 255 g/mol. The highest BCUT2D eigenvalue weighted by Crippen LogP contribution is 2.33. The van der Waals surface area contributed by atoms with Crippen molar-refractivity contribution in [3.05, 3.63) is 27.7 Å². The highest BCUT2D eigenvalue weighted by atomic mass is 79.9. The van der Waals surface area contributed by atoms with E-state index in [-0.39, 0.29) is 0 Å². The number of fused-ring (bicyclic) bond motifs is 1. The zero-order valence-electron chi connectivity index (χ0n) is 8.51. The summed E-state index contributed by atoms with van der Waals surface area (Å²) in [4.78, 5) is 2.33. The van der Waals surface area contributed by atoms with Gasteiger partial charge in [-0.2, -0.15) is 0 Å². The van der Waals surface area contributed by atoms with Gasteiger partial charge in [0.2, 0.25) is 0 Å². The van der Waals surface area contributed by atoms with Crippen LogP contribution in [-0.2, 0) is 13.0 Å². The smallest absolute Gasteiger partial charge is 0.133 e. The molecule has 1 aromatic rings. The van der Waals surface area contributed by atoms with Gasteiger partial charge in [0.25, 0.3) is 0 Å². The summed E-state index contributed by atoms with van der Waals surface area (Å²) in [5, 5.41) is 0. The number of halogens is 1. The van der Waals surface area contributed by atoms with Crippen molar-refractivity contribution in [2.75, 3.05) is 20.7 Å². The summed E-state index contributed by atoms with van der Waals surface area (Å²) >= 11 is 3.60. The third-order valence-electron chi connectivity index (χ3n) is 2.72. The first-order valence-electron chi connectivity index (χ1n) is 4.75. The molecule has 0 aromatic heterocycles. The van der Waals surface area contributed by atoms with E-state index < -0.39 is 0 Å². The molecule has 1 aliphatic rings. The lowest BCUT2D eigenvalue weighted by molar-refractivity contribution is 0.310. The minimum absolute atomic E-state index is 0.930. The zero-order chi connectivity index (χ0) is 10.1. The lowest BCUT2D eigenvalue weighted by Gasteiger charge is -2.26. The second-order valence-corrected chi connectivity index (χ2v) is 4.50. The van der Waals surface area contributed by atoms with Gasteiger partial charge in [-0.3, -0.25) is 0 Å². The van der Waals surface area contributed by atoms with Crippen molar-refractivity contribution >= 4 is 15.9 Å². The van der Waals surface area contributed by atoms with Crippen LogP contribution in [0.4, 0.5) is 0 Å². The molecule has 0 saturated carbocycles. The first-order valence-corrected chi connectivity index (χ1v) is 5.54. The minimum atomic E-state index is 0.930. The molecule has 0 spiro atoms. The van der Waals surface area contributed by atoms with Crippen LogP contribution in [0.25, 0.3) is 0 Å². The van der Waals surface area contributed by atoms with Crippen molar-refractivity contribution in [3.63, 3.8) is 0 Å². The minimum Gasteiger partial charge on any atom is -0.496 e. The number of nitrogens with zero attached hydrogens (tertiary/aromatic N) is 1. The van der Waals surface area contributed by atoms with E-state index in [4.69, 9.17) is 4.74 Å². The molecule has 0 fully saturated rings. The van der Waals surface area contributed by atoms with Crippen molar-refractivity contribution in [3.8, 4) is 5.75 Å². The third-order valence-corrected chi connectivity index (χ3v) is 3.59. The molecular formula is C11H14BrNO. The molecule has 0 saturated heterocycles. The van der Waals surface area contributed by atoms with Gasteiger partial charge < -0.3 is 9.64 Å². The van der Waals surface area contributed by atoms with Crippen molar-refractivity contribution < 1.29 is 4.74 Å². The number of methoxy groups -OCH3 is 1. The summed E-state index contributed by atoms with van der Waals surface area (Å²) in [6, 6.07) is 4.21. The molecule has 2 rings (SSSR count). The highest BCUT2D eigenvalue weighted by Gasteiger charge is 2.17. The van der Waals surface area contributed by atoms with Gasteiger partial charge in [0.1, 0.15) is 5.75 Å². The van der Waals surface area contributed by atoms with Crippen LogP contribution in [0.1, 0.15) is 11.1 Å². The van der Waals surface area contributed by atoms with E-state index in [9.17, 15) is 0 Å². The van der Waals surface area contributed by atoms with Crippen LogP contribution in [0.3, 0.4) is 0 Å². The Balaban J connectivity index is 2.45. The second kappa shape index (κ2) is 3.91. The number of hydrogen-bond acceptors (Lipinski definition) is 2. The molecule has 1 heterocycles. The summed E-state index contributed by atoms with van der Waals surface area (Å²) in [6.07, 6.45) is 1.13. The van der Waals surface area contributed by atoms with E-state index in [1.165, 1.54) is 11.1 Å². The van der Waals surface area contributed by atoms with E-state index >= 15 is 0 Å². The van der Waals surface area contributed by atoms with Crippen LogP contribution >= 0.6 is 15.9 Å². The van der Waals surface area contributed by atoms with Gasteiger partial charge in [0.05, 0.1) is 11.6 Å². The Labute approximate surface area is 93.0 Å². The topological polar surface area (TPSA) is 12.5 Å². The Bertz CT molecular complexity index is 351. The first kappa shape index (κ1) is 9.99. The van der Waals surface area contributed by atoms with Crippen LogP contribution < -0.4 is 4.74 Å². The van der Waals surface area contributed by atoms with Gasteiger partial charge >= 0.3 is 0 Å². The summed E-state index contributed by atoms with van der Waals surface area (Å²) in [5.41, 5.74) is 2.81. The van der Waals surface area contributed by atoms with E-state index in [1.54, 1.807) is 7.11 Å². The summed E-state index contributed by atoms with van der Waals surface area (Å²) in [7, 11) is 3.86. The van der Waals surface area contributed by atoms with Crippen molar-refractivity contribution in [2.24, 2.45) is 0 Å². The Kier molecular flexibility index (Phi) is 2.79. The predicted molar refractivity (Wildman–Crippen MR) is 60.7 cm³/mol. The Morgan fingerprint density at radius 1 is 1.43 bits per heavy atom. The molecule has 0 radical (unpaired) electrons. The molecule has 3 heteroatoms. The van der Waals surface area contributed by atoms with Gasteiger partial charge in [0, 0.05) is 13.1 Å². The Hall–Kier alpha value is -0.540. The summed E-state index contributed by atoms with van der Waals surface area (Å²) in [5.74, 6) is 0.930. The average Bonchev–Trinajstić information content (AvgIpc) is 2.20. The molecular weight excluding hydrogens is 242 g/mol. The average molecular weight is 256 g/mol. The van der Waals surface area contributed by atoms with E-state index in [2.05, 4.69) is 33.9 Å². The zero-order valence-corrected chi connectivity index (χ0v) is 10.1. The van der Waals surface area contributed by atoms with Gasteiger partial charge in [-0.25, -0.2) is 0 Å². The van der Waals surface area contributed by atoms with Crippen LogP contribution in [0.2, 0.25) is 0 Å². The number of ether oxygens (including phenoxy) is 1. The molecule has 0 unspecified atom stereocenters. The lowest BCUT2D eigenvalue weighted by atomic mass is 10.00. The maximum atomic E-state index is 5.28. The lowest BCUT2D eigenvalue weighted by Crippen LogP contribution is -2.26. The number of hydrogen-bond donors (Lipinski definition) is 0. The second-order valence-electron chi connectivity index (χ2n) is 3.71. The fourth-order valence-electron chi connectivity index (χ4n) is 1.86. The first-order chi connectivity index (χ1) is 6.72. The normalized spacial score (nSPS) is 16.5. The highest BCUT2D eigenvalue weighted by molar-refractivity contribution is 9.10. The maximum absolute atomic E-state index is 5.28. The molecule has 2 nitrogen and oxygen atoms in total. The molecule has 0 atom stereocenters. The molecule has 76 valence electrons. The molecule has 0 N–H and O–H groups in total. The van der Waals surface area contributed by atoms with Crippen molar-refractivity contribution in [1.29, 1.82) is 0 Å². The standard InChI is InChI=1S/C11H14BrNO/c1-13-6-5-8-3-4-10(14-2)11(12)9(8)7-13/h3-4H,5-7H2,1-2H3. The van der Waals surface area contributed by atoms with E-state index in [0.717, 1.165) is 29.7 Å². The van der Waals surface area contributed by atoms with Crippen LogP contribution in [-0.4, -0.2) is 25.6 Å². The Morgan fingerprint density at radius 3 is 2.93 bits per heavy atom. The van der Waals surface area contributed by atoms with Crippen LogP contribution in [0.5, 0.6) is 5.75 Å². The van der Waals surface area contributed by atoms with E-state index in [0.29, 0.717) is 0 Å². The van der Waals surface area contributed by atoms with Gasteiger partial charge in [-0.15, -0.1) is 0 Å². The Morgan fingerprint density at radius 2 is 2.21 bits per heavy atom. The molecule has 1 aliphatic heterocycles. The van der Waals surface area contributed by atoms with Gasteiger partial charge in [-0.1, -0.05) is 6.07 Å². The number of rotatable bonds is 1. The quantitative estimate of drug-likeness (QED) is 0.765. The predicted octanol–water partition coefficient (Wildman–Crippen LogP) is 2.45. The van der Waals surface area contributed by atoms with E-state index in [1.807, 2.05) is 6.07 Å². The molecule has 14 heavy (non-hydrogen) atoms. The third kappa shape index (κ3) is 1.66. The summed E-state index contributed by atoms with van der Waals surface area (Å²) < 4.78 is 6.40. The SMILES string of the molecule is COc1ccc2c(c1Br)CN(C)CC2. The molecule has 0 aliphatic carbocycles. The van der Waals surface area contributed by atoms with Crippen molar-refractivity contribution in [1.82, 2.24) is 4.90 Å². The summed E-state index contributed by atoms with van der Waals surface area (Å²) in [6.45, 7) is 2.15. The van der Waals surface area contributed by atoms with Crippen LogP contribution in [0.15, 0.2) is 16.6 Å². The van der Waals surface area contributed by atoms with Gasteiger partial charge in [0.15, 0.2) is 0 Å². The molecule has 0 bridgehead atoms. The number of benzene rings is 1. The van der Waals surface area contributed by atoms with Crippen LogP contribution in [0, 0.1) is 0 Å².